The standard InChI is InChI=1S/C18H21NO3.C8H18O2/c1-19-8-7-18-11-4-5-13(20)17(18)22-16-14(21-2)6-3-10(15(16)18)9-12(11)19;1-3-5-8(10)6-7(9)4-2/h3-6,10-12,15,17H,7-9H2,1-2H3;7-10H,3-6H2,1-2H3/t10?,11-,12+,15?,17-,18-;/m0./s1. The summed E-state index contributed by atoms with van der Waals surface area (Å²) in [6.07, 6.45) is 12.5. The number of carbonyl (C=O) groups is 1. The number of rotatable bonds is 6. The molecular formula is C26H39NO5. The van der Waals surface area contributed by atoms with Crippen molar-refractivity contribution in [3.63, 3.8) is 0 Å². The summed E-state index contributed by atoms with van der Waals surface area (Å²) in [4.78, 5) is 15.0. The SMILES string of the molecule is CCCC(O)CC(O)CC.COC1=C2O[C@H]3C(=O)C=C[C@H]4[C@H]5CC(C=C1)C2[C@@]34CCN5C. The number of aliphatic hydroxyl groups excluding tert-OH is 2. The van der Waals surface area contributed by atoms with Crippen LogP contribution in [0, 0.1) is 23.2 Å². The van der Waals surface area contributed by atoms with Gasteiger partial charge >= 0.3 is 0 Å². The van der Waals surface area contributed by atoms with Crippen LogP contribution in [0.2, 0.25) is 0 Å². The maximum absolute atomic E-state index is 12.6. The number of allylic oxidation sites excluding steroid dienone is 3. The van der Waals surface area contributed by atoms with E-state index in [-0.39, 0.29) is 29.5 Å². The minimum atomic E-state index is -0.318. The second-order valence-electron chi connectivity index (χ2n) is 10.1. The molecule has 2 heterocycles. The quantitative estimate of drug-likeness (QED) is 0.654. The van der Waals surface area contributed by atoms with Crippen LogP contribution in [0.5, 0.6) is 0 Å². The number of hydrogen-bond acceptors (Lipinski definition) is 6. The molecule has 1 saturated carbocycles. The molecule has 178 valence electrons. The Kier molecular flexibility index (Phi) is 6.85. The second-order valence-corrected chi connectivity index (χ2v) is 10.1. The fraction of sp³-hybridized carbons (Fsp3) is 0.731. The summed E-state index contributed by atoms with van der Waals surface area (Å²) in [5.74, 6) is 3.07. The van der Waals surface area contributed by atoms with E-state index < -0.39 is 0 Å². The molecule has 0 radical (unpaired) electrons. The number of carbonyl (C=O) groups excluding carboxylic acids is 1. The normalized spacial score (nSPS) is 38.4. The van der Waals surface area contributed by atoms with Crippen molar-refractivity contribution in [1.29, 1.82) is 0 Å². The summed E-state index contributed by atoms with van der Waals surface area (Å²) in [5.41, 5.74) is -0.0597. The third-order valence-electron chi connectivity index (χ3n) is 8.36. The van der Waals surface area contributed by atoms with Crippen LogP contribution >= 0.6 is 0 Å². The molecule has 5 aliphatic rings. The van der Waals surface area contributed by atoms with Gasteiger partial charge in [0.2, 0.25) is 0 Å². The van der Waals surface area contributed by atoms with Crippen LogP contribution in [0.25, 0.3) is 0 Å². The van der Waals surface area contributed by atoms with Gasteiger partial charge < -0.3 is 24.6 Å². The lowest BCUT2D eigenvalue weighted by Gasteiger charge is -2.59. The van der Waals surface area contributed by atoms with E-state index in [4.69, 9.17) is 14.6 Å². The maximum atomic E-state index is 12.6. The third kappa shape index (κ3) is 3.74. The topological polar surface area (TPSA) is 79.2 Å². The summed E-state index contributed by atoms with van der Waals surface area (Å²) >= 11 is 0. The van der Waals surface area contributed by atoms with Gasteiger partial charge in [0.05, 0.1) is 19.3 Å². The molecule has 6 nitrogen and oxygen atoms in total. The average Bonchev–Trinajstić information content (AvgIpc) is 3.13. The van der Waals surface area contributed by atoms with Crippen LogP contribution < -0.4 is 0 Å². The van der Waals surface area contributed by atoms with E-state index in [0.717, 1.165) is 50.2 Å². The molecule has 0 amide bonds. The van der Waals surface area contributed by atoms with Crippen molar-refractivity contribution in [3.05, 3.63) is 35.8 Å². The molecule has 5 rings (SSSR count). The third-order valence-corrected chi connectivity index (χ3v) is 8.36. The van der Waals surface area contributed by atoms with E-state index in [0.29, 0.717) is 30.2 Å². The Morgan fingerprint density at radius 2 is 2.03 bits per heavy atom. The number of methoxy groups -OCH3 is 1. The minimum Gasteiger partial charge on any atom is -0.493 e. The number of ether oxygens (including phenoxy) is 2. The van der Waals surface area contributed by atoms with Gasteiger partial charge in [0.1, 0.15) is 5.76 Å². The fourth-order valence-electron chi connectivity index (χ4n) is 6.77. The zero-order valence-electron chi connectivity index (χ0n) is 19.9. The first-order valence-corrected chi connectivity index (χ1v) is 12.3. The maximum Gasteiger partial charge on any atom is 0.196 e. The molecule has 2 saturated heterocycles. The number of nitrogens with zero attached hydrogens (tertiary/aromatic N) is 1. The van der Waals surface area contributed by atoms with Crippen LogP contribution in [0.3, 0.4) is 0 Å². The van der Waals surface area contributed by atoms with Crippen molar-refractivity contribution in [3.8, 4) is 0 Å². The molecule has 0 aromatic rings. The van der Waals surface area contributed by atoms with E-state index in [9.17, 15) is 9.90 Å². The van der Waals surface area contributed by atoms with Crippen molar-refractivity contribution in [1.82, 2.24) is 4.90 Å². The number of ketones is 1. The summed E-state index contributed by atoms with van der Waals surface area (Å²) in [7, 11) is 3.91. The molecule has 3 aliphatic carbocycles. The van der Waals surface area contributed by atoms with Gasteiger partial charge in [-0.05, 0) is 63.8 Å². The van der Waals surface area contributed by atoms with Gasteiger partial charge in [0.25, 0.3) is 0 Å². The van der Waals surface area contributed by atoms with E-state index in [2.05, 4.69) is 24.1 Å². The van der Waals surface area contributed by atoms with Gasteiger partial charge in [-0.25, -0.2) is 0 Å². The summed E-state index contributed by atoms with van der Waals surface area (Å²) in [5, 5.41) is 18.3. The average molecular weight is 446 g/mol. The lowest BCUT2D eigenvalue weighted by atomic mass is 9.48. The molecule has 8 atom stereocenters. The van der Waals surface area contributed by atoms with E-state index in [1.807, 2.05) is 19.9 Å². The van der Waals surface area contributed by atoms with Gasteiger partial charge in [0, 0.05) is 23.3 Å². The monoisotopic (exact) mass is 445 g/mol. The van der Waals surface area contributed by atoms with Gasteiger partial charge in [-0.15, -0.1) is 0 Å². The van der Waals surface area contributed by atoms with E-state index in [1.54, 1.807) is 13.2 Å². The molecule has 1 spiro atoms. The van der Waals surface area contributed by atoms with Crippen LogP contribution in [-0.4, -0.2) is 66.0 Å². The Balaban J connectivity index is 0.000000211. The largest absolute Gasteiger partial charge is 0.493 e. The molecule has 3 fully saturated rings. The molecule has 2 N–H and O–H groups in total. The molecule has 32 heavy (non-hydrogen) atoms. The summed E-state index contributed by atoms with van der Waals surface area (Å²) in [6, 6.07) is 0.513. The van der Waals surface area contributed by atoms with Gasteiger partial charge in [-0.1, -0.05) is 32.4 Å². The van der Waals surface area contributed by atoms with Crippen molar-refractivity contribution in [2.75, 3.05) is 20.7 Å². The number of hydrogen-bond donors (Lipinski definition) is 2. The Hall–Kier alpha value is -1.63. The molecule has 2 bridgehead atoms. The van der Waals surface area contributed by atoms with E-state index >= 15 is 0 Å². The summed E-state index contributed by atoms with van der Waals surface area (Å²) in [6.45, 7) is 5.00. The minimum absolute atomic E-state index is 0.0597. The Morgan fingerprint density at radius 1 is 1.25 bits per heavy atom. The fourth-order valence-corrected chi connectivity index (χ4v) is 6.77. The molecular weight excluding hydrogens is 406 g/mol. The molecule has 0 aromatic heterocycles. The first-order valence-electron chi connectivity index (χ1n) is 12.3. The van der Waals surface area contributed by atoms with E-state index in [1.165, 1.54) is 0 Å². The number of piperidine rings is 1. The van der Waals surface area contributed by atoms with Crippen molar-refractivity contribution in [2.45, 2.75) is 76.7 Å². The van der Waals surface area contributed by atoms with Crippen LogP contribution in [0.1, 0.15) is 52.4 Å². The lowest BCUT2D eigenvalue weighted by Crippen LogP contribution is -2.64. The molecule has 6 heteroatoms. The highest BCUT2D eigenvalue weighted by molar-refractivity contribution is 5.96. The Bertz CT molecular complexity index is 804. The molecule has 2 aliphatic heterocycles. The van der Waals surface area contributed by atoms with Gasteiger partial charge in [-0.3, -0.25) is 4.79 Å². The van der Waals surface area contributed by atoms with Gasteiger partial charge in [0.15, 0.2) is 17.6 Å². The lowest BCUT2D eigenvalue weighted by molar-refractivity contribution is -0.140. The highest BCUT2D eigenvalue weighted by Gasteiger charge is 2.69. The highest BCUT2D eigenvalue weighted by Crippen LogP contribution is 2.66. The van der Waals surface area contributed by atoms with Gasteiger partial charge in [-0.2, -0.15) is 0 Å². The first-order chi connectivity index (χ1) is 15.4. The Labute approximate surface area is 192 Å². The van der Waals surface area contributed by atoms with Crippen LogP contribution in [0.4, 0.5) is 0 Å². The van der Waals surface area contributed by atoms with Crippen molar-refractivity contribution >= 4 is 5.78 Å². The van der Waals surface area contributed by atoms with Crippen molar-refractivity contribution < 1.29 is 24.5 Å². The Morgan fingerprint density at radius 3 is 2.72 bits per heavy atom. The first kappa shape index (κ1) is 23.5. The molecule has 4 unspecified atom stereocenters. The van der Waals surface area contributed by atoms with Crippen LogP contribution in [-0.2, 0) is 14.3 Å². The second kappa shape index (κ2) is 9.32. The smallest absolute Gasteiger partial charge is 0.196 e. The number of aliphatic hydroxyl groups is 2. The van der Waals surface area contributed by atoms with Crippen LogP contribution in [0.15, 0.2) is 35.8 Å². The highest BCUT2D eigenvalue weighted by atomic mass is 16.5. The summed E-state index contributed by atoms with van der Waals surface area (Å²) < 4.78 is 11.8. The van der Waals surface area contributed by atoms with Crippen molar-refractivity contribution in [2.24, 2.45) is 23.2 Å². The predicted molar refractivity (Wildman–Crippen MR) is 123 cm³/mol. The zero-order valence-corrected chi connectivity index (χ0v) is 19.9. The molecule has 0 aromatic carbocycles. The zero-order chi connectivity index (χ0) is 23.0. The number of likely N-dealkylation sites (tertiary alicyclic amines) is 1. The predicted octanol–water partition coefficient (Wildman–Crippen LogP) is 3.20.